The fraction of sp³-hybridized carbons (Fsp3) is 0.533. The van der Waals surface area contributed by atoms with Gasteiger partial charge in [0.05, 0.1) is 0 Å². The van der Waals surface area contributed by atoms with Crippen molar-refractivity contribution in [3.63, 3.8) is 0 Å². The van der Waals surface area contributed by atoms with E-state index in [0.29, 0.717) is 13.1 Å². The normalized spacial score (nSPS) is 22.4. The van der Waals surface area contributed by atoms with Gasteiger partial charge in [-0.15, -0.1) is 0 Å². The second kappa shape index (κ2) is 5.61. The van der Waals surface area contributed by atoms with E-state index in [1.54, 1.807) is 12.4 Å². The number of nitrogens with zero attached hydrogens (tertiary/aromatic N) is 1. The van der Waals surface area contributed by atoms with E-state index in [0.717, 1.165) is 5.56 Å². The van der Waals surface area contributed by atoms with Gasteiger partial charge in [-0.25, -0.2) is 0 Å². The minimum atomic E-state index is -0.600. The highest BCUT2D eigenvalue weighted by molar-refractivity contribution is 6.02. The van der Waals surface area contributed by atoms with Crippen LogP contribution in [-0.2, 0) is 16.1 Å². The topological polar surface area (TPSA) is 71.1 Å². The summed E-state index contributed by atoms with van der Waals surface area (Å²) in [6, 6.07) is 3.69. The van der Waals surface area contributed by atoms with Crippen LogP contribution in [0.5, 0.6) is 0 Å². The molecule has 0 spiro atoms. The van der Waals surface area contributed by atoms with E-state index in [9.17, 15) is 9.59 Å². The Kier molecular flexibility index (Phi) is 4.06. The molecule has 0 aromatic carbocycles. The minimum absolute atomic E-state index is 0.0208. The second-order valence-corrected chi connectivity index (χ2v) is 6.27. The zero-order valence-corrected chi connectivity index (χ0v) is 12.1. The Morgan fingerprint density at radius 1 is 1.40 bits per heavy atom. The summed E-state index contributed by atoms with van der Waals surface area (Å²) in [7, 11) is 0. The van der Waals surface area contributed by atoms with Crippen LogP contribution >= 0.6 is 0 Å². The maximum atomic E-state index is 12.3. The molecule has 0 saturated carbocycles. The average molecular weight is 275 g/mol. The second-order valence-electron chi connectivity index (χ2n) is 6.27. The molecule has 2 rings (SSSR count). The first-order valence-corrected chi connectivity index (χ1v) is 6.84. The number of rotatable bonds is 3. The van der Waals surface area contributed by atoms with E-state index >= 15 is 0 Å². The van der Waals surface area contributed by atoms with Crippen LogP contribution in [0.15, 0.2) is 24.5 Å². The van der Waals surface area contributed by atoms with Crippen molar-refractivity contribution in [2.75, 3.05) is 6.54 Å². The number of aromatic nitrogens is 1. The Morgan fingerprint density at radius 2 is 2.05 bits per heavy atom. The van der Waals surface area contributed by atoms with Crippen LogP contribution in [-0.4, -0.2) is 23.3 Å². The number of carbonyl (C=O) groups excluding carboxylic acids is 2. The highest BCUT2D eigenvalue weighted by atomic mass is 16.2. The predicted molar refractivity (Wildman–Crippen MR) is 75.5 cm³/mol. The molecule has 20 heavy (non-hydrogen) atoms. The maximum Gasteiger partial charge on any atom is 0.233 e. The van der Waals surface area contributed by atoms with Gasteiger partial charge in [0.25, 0.3) is 0 Å². The van der Waals surface area contributed by atoms with Gasteiger partial charge >= 0.3 is 0 Å². The molecule has 5 nitrogen and oxygen atoms in total. The van der Waals surface area contributed by atoms with E-state index in [1.165, 1.54) is 0 Å². The van der Waals surface area contributed by atoms with E-state index < -0.39 is 5.92 Å². The molecule has 2 amide bonds. The summed E-state index contributed by atoms with van der Waals surface area (Å²) >= 11 is 0. The average Bonchev–Trinajstić information content (AvgIpc) is 2.79. The van der Waals surface area contributed by atoms with Gasteiger partial charge in [0.1, 0.15) is 5.92 Å². The van der Waals surface area contributed by atoms with Crippen LogP contribution in [0, 0.1) is 17.3 Å². The van der Waals surface area contributed by atoms with E-state index in [2.05, 4.69) is 36.4 Å². The van der Waals surface area contributed by atoms with Crippen LogP contribution in [0.25, 0.3) is 0 Å². The third-order valence-electron chi connectivity index (χ3n) is 3.79. The molecule has 1 aliphatic rings. The molecule has 0 aliphatic carbocycles. The minimum Gasteiger partial charge on any atom is -0.355 e. The van der Waals surface area contributed by atoms with Crippen molar-refractivity contribution >= 4 is 11.8 Å². The largest absolute Gasteiger partial charge is 0.355 e. The van der Waals surface area contributed by atoms with E-state index in [1.807, 2.05) is 12.1 Å². The molecule has 2 N–H and O–H groups in total. The van der Waals surface area contributed by atoms with Crippen molar-refractivity contribution in [3.8, 4) is 0 Å². The Bertz CT molecular complexity index is 494. The number of carbonyl (C=O) groups is 2. The molecule has 0 bridgehead atoms. The first-order chi connectivity index (χ1) is 9.39. The van der Waals surface area contributed by atoms with Gasteiger partial charge < -0.3 is 10.6 Å². The smallest absolute Gasteiger partial charge is 0.233 e. The third kappa shape index (κ3) is 3.15. The van der Waals surface area contributed by atoms with E-state index in [-0.39, 0.29) is 23.1 Å². The van der Waals surface area contributed by atoms with Crippen molar-refractivity contribution in [1.29, 1.82) is 0 Å². The van der Waals surface area contributed by atoms with Gasteiger partial charge in [0.2, 0.25) is 11.8 Å². The molecule has 1 aliphatic heterocycles. The SMILES string of the molecule is CC(C)(C)[C@H]1CNC(=O)[C@H]1C(=O)NCc1ccncc1. The van der Waals surface area contributed by atoms with Gasteiger partial charge in [-0.05, 0) is 23.1 Å². The summed E-state index contributed by atoms with van der Waals surface area (Å²) in [6.45, 7) is 7.15. The molecule has 2 heterocycles. The van der Waals surface area contributed by atoms with Crippen LogP contribution in [0.4, 0.5) is 0 Å². The van der Waals surface area contributed by atoms with Crippen molar-refractivity contribution < 1.29 is 9.59 Å². The number of hydrogen-bond acceptors (Lipinski definition) is 3. The fourth-order valence-electron chi connectivity index (χ4n) is 2.53. The lowest BCUT2D eigenvalue weighted by atomic mass is 9.74. The summed E-state index contributed by atoms with van der Waals surface area (Å²) in [6.07, 6.45) is 3.36. The number of pyridine rings is 1. The summed E-state index contributed by atoms with van der Waals surface area (Å²) < 4.78 is 0. The Labute approximate surface area is 119 Å². The van der Waals surface area contributed by atoms with Gasteiger partial charge in [-0.2, -0.15) is 0 Å². The molecular weight excluding hydrogens is 254 g/mol. The highest BCUT2D eigenvalue weighted by Crippen LogP contribution is 2.35. The molecule has 2 atom stereocenters. The van der Waals surface area contributed by atoms with Crippen molar-refractivity contribution in [2.24, 2.45) is 17.3 Å². The van der Waals surface area contributed by atoms with Crippen LogP contribution in [0.2, 0.25) is 0 Å². The lowest BCUT2D eigenvalue weighted by Gasteiger charge is -2.29. The Hall–Kier alpha value is -1.91. The zero-order chi connectivity index (χ0) is 14.8. The molecule has 1 saturated heterocycles. The number of nitrogens with one attached hydrogen (secondary N) is 2. The first kappa shape index (κ1) is 14.5. The lowest BCUT2D eigenvalue weighted by Crippen LogP contribution is -2.40. The molecular formula is C15H21N3O2. The first-order valence-electron chi connectivity index (χ1n) is 6.84. The molecule has 0 unspecified atom stereocenters. The summed E-state index contributed by atoms with van der Waals surface area (Å²) in [5, 5.41) is 5.64. The molecule has 0 radical (unpaired) electrons. The zero-order valence-electron chi connectivity index (χ0n) is 12.1. The third-order valence-corrected chi connectivity index (χ3v) is 3.79. The van der Waals surface area contributed by atoms with Gasteiger partial charge in [-0.3, -0.25) is 14.6 Å². The highest BCUT2D eigenvalue weighted by Gasteiger charge is 2.45. The fourth-order valence-corrected chi connectivity index (χ4v) is 2.53. The molecule has 1 aromatic rings. The lowest BCUT2D eigenvalue weighted by molar-refractivity contribution is -0.135. The van der Waals surface area contributed by atoms with Crippen molar-refractivity contribution in [3.05, 3.63) is 30.1 Å². The van der Waals surface area contributed by atoms with Gasteiger partial charge in [0.15, 0.2) is 0 Å². The predicted octanol–water partition coefficient (Wildman–Crippen LogP) is 1.11. The van der Waals surface area contributed by atoms with Gasteiger partial charge in [0, 0.05) is 31.4 Å². The van der Waals surface area contributed by atoms with Crippen molar-refractivity contribution in [1.82, 2.24) is 15.6 Å². The van der Waals surface area contributed by atoms with Crippen LogP contribution in [0.3, 0.4) is 0 Å². The summed E-state index contributed by atoms with van der Waals surface area (Å²) in [5.74, 6) is -0.946. The molecule has 5 heteroatoms. The molecule has 1 aromatic heterocycles. The quantitative estimate of drug-likeness (QED) is 0.812. The summed E-state index contributed by atoms with van der Waals surface area (Å²) in [4.78, 5) is 28.1. The standard InChI is InChI=1S/C15H21N3O2/c1-15(2,3)11-9-18-14(20)12(11)13(19)17-8-10-4-6-16-7-5-10/h4-7,11-12H,8-9H2,1-3H3,(H,17,19)(H,18,20)/t11-,12+/m0/s1. The monoisotopic (exact) mass is 275 g/mol. The molecule has 1 fully saturated rings. The maximum absolute atomic E-state index is 12.3. The van der Waals surface area contributed by atoms with Gasteiger partial charge in [-0.1, -0.05) is 20.8 Å². The van der Waals surface area contributed by atoms with Crippen molar-refractivity contribution in [2.45, 2.75) is 27.3 Å². The number of amides is 2. The Balaban J connectivity index is 2.02. The van der Waals surface area contributed by atoms with Crippen LogP contribution in [0.1, 0.15) is 26.3 Å². The Morgan fingerprint density at radius 3 is 2.65 bits per heavy atom. The van der Waals surface area contributed by atoms with Crippen LogP contribution < -0.4 is 10.6 Å². The van der Waals surface area contributed by atoms with E-state index in [4.69, 9.17) is 0 Å². The summed E-state index contributed by atoms with van der Waals surface area (Å²) in [5.41, 5.74) is 0.886. The molecule has 108 valence electrons. The number of hydrogen-bond donors (Lipinski definition) is 2.